The first-order valence-corrected chi connectivity index (χ1v) is 11.8. The minimum atomic E-state index is -4.54. The summed E-state index contributed by atoms with van der Waals surface area (Å²) < 4.78 is 66.7. The van der Waals surface area contributed by atoms with E-state index in [4.69, 9.17) is 0 Å². The highest BCUT2D eigenvalue weighted by Crippen LogP contribution is 2.31. The Balaban J connectivity index is 1.73. The molecule has 0 unspecified atom stereocenters. The second kappa shape index (κ2) is 9.87. The maximum absolute atomic E-state index is 12.9. The Kier molecular flexibility index (Phi) is 7.40. The van der Waals surface area contributed by atoms with Crippen LogP contribution in [0.25, 0.3) is 0 Å². The van der Waals surface area contributed by atoms with Crippen molar-refractivity contribution in [3.8, 4) is 0 Å². The molecular weight excluding hydrogens is 441 g/mol. The van der Waals surface area contributed by atoms with Gasteiger partial charge in [-0.2, -0.15) is 13.2 Å². The summed E-state index contributed by atoms with van der Waals surface area (Å²) in [6.45, 7) is 1.88. The SMILES string of the molecule is Cc1ccc(S(=O)(=O)NCCC2=CCCCC2)cc1C(=O)Nc1cccc(C(F)(F)F)c1. The largest absolute Gasteiger partial charge is 0.416 e. The summed E-state index contributed by atoms with van der Waals surface area (Å²) in [5.74, 6) is -0.689. The van der Waals surface area contributed by atoms with Crippen LogP contribution in [0.15, 0.2) is 59.0 Å². The minimum Gasteiger partial charge on any atom is -0.322 e. The van der Waals surface area contributed by atoms with Gasteiger partial charge in [0.05, 0.1) is 10.5 Å². The number of carbonyl (C=O) groups is 1. The predicted octanol–water partition coefficient (Wildman–Crippen LogP) is 5.43. The third-order valence-corrected chi connectivity index (χ3v) is 6.79. The molecule has 0 atom stereocenters. The van der Waals surface area contributed by atoms with Crippen LogP contribution in [-0.4, -0.2) is 20.9 Å². The first-order valence-electron chi connectivity index (χ1n) is 10.3. The van der Waals surface area contributed by atoms with E-state index in [1.54, 1.807) is 6.92 Å². The van der Waals surface area contributed by atoms with E-state index < -0.39 is 27.7 Å². The van der Waals surface area contributed by atoms with Gasteiger partial charge >= 0.3 is 6.18 Å². The van der Waals surface area contributed by atoms with Crippen molar-refractivity contribution in [3.63, 3.8) is 0 Å². The monoisotopic (exact) mass is 466 g/mol. The molecule has 0 aromatic heterocycles. The average Bonchev–Trinajstić information content (AvgIpc) is 2.74. The van der Waals surface area contributed by atoms with Crippen LogP contribution < -0.4 is 10.0 Å². The van der Waals surface area contributed by atoms with Crippen molar-refractivity contribution < 1.29 is 26.4 Å². The third-order valence-electron chi connectivity index (χ3n) is 5.33. The van der Waals surface area contributed by atoms with Gasteiger partial charge in [-0.15, -0.1) is 0 Å². The number of sulfonamides is 1. The molecule has 0 aliphatic heterocycles. The number of anilines is 1. The minimum absolute atomic E-state index is 0.0311. The predicted molar refractivity (Wildman–Crippen MR) is 117 cm³/mol. The molecule has 0 heterocycles. The molecule has 0 bridgehead atoms. The Hall–Kier alpha value is -2.65. The molecule has 32 heavy (non-hydrogen) atoms. The number of carbonyl (C=O) groups excluding carboxylic acids is 1. The van der Waals surface area contributed by atoms with E-state index in [1.165, 1.54) is 35.9 Å². The molecule has 1 aliphatic carbocycles. The molecule has 0 saturated carbocycles. The molecule has 1 amide bonds. The van der Waals surface area contributed by atoms with Crippen LogP contribution >= 0.6 is 0 Å². The van der Waals surface area contributed by atoms with Gasteiger partial charge in [-0.1, -0.05) is 23.8 Å². The zero-order chi connectivity index (χ0) is 23.4. The van der Waals surface area contributed by atoms with Crippen molar-refractivity contribution in [2.24, 2.45) is 0 Å². The van der Waals surface area contributed by atoms with E-state index in [0.29, 0.717) is 12.0 Å². The van der Waals surface area contributed by atoms with Gasteiger partial charge in [0.1, 0.15) is 0 Å². The van der Waals surface area contributed by atoms with Gasteiger partial charge < -0.3 is 5.32 Å². The van der Waals surface area contributed by atoms with E-state index in [2.05, 4.69) is 16.1 Å². The number of amides is 1. The van der Waals surface area contributed by atoms with Gasteiger partial charge in [0, 0.05) is 17.8 Å². The summed E-state index contributed by atoms with van der Waals surface area (Å²) in [6.07, 6.45) is 2.51. The summed E-state index contributed by atoms with van der Waals surface area (Å²) in [6, 6.07) is 8.40. The van der Waals surface area contributed by atoms with Gasteiger partial charge in [0.25, 0.3) is 5.91 Å². The topological polar surface area (TPSA) is 75.3 Å². The quantitative estimate of drug-likeness (QED) is 0.534. The van der Waals surface area contributed by atoms with Crippen LogP contribution in [0.3, 0.4) is 0 Å². The van der Waals surface area contributed by atoms with E-state index in [-0.39, 0.29) is 22.7 Å². The molecule has 9 heteroatoms. The first-order chi connectivity index (χ1) is 15.1. The fraction of sp³-hybridized carbons (Fsp3) is 0.348. The molecule has 0 fully saturated rings. The molecule has 0 spiro atoms. The zero-order valence-electron chi connectivity index (χ0n) is 17.6. The summed E-state index contributed by atoms with van der Waals surface area (Å²) in [5, 5.41) is 2.41. The number of nitrogens with one attached hydrogen (secondary N) is 2. The highest BCUT2D eigenvalue weighted by Gasteiger charge is 2.30. The Morgan fingerprint density at radius 1 is 1.09 bits per heavy atom. The molecule has 2 aromatic rings. The van der Waals surface area contributed by atoms with Crippen LogP contribution in [-0.2, 0) is 16.2 Å². The maximum Gasteiger partial charge on any atom is 0.416 e. The second-order valence-electron chi connectivity index (χ2n) is 7.77. The molecule has 0 saturated heterocycles. The number of halogens is 3. The molecule has 1 aliphatic rings. The molecular formula is C23H25F3N2O3S. The lowest BCUT2D eigenvalue weighted by Gasteiger charge is -2.14. The summed E-state index contributed by atoms with van der Waals surface area (Å²) in [7, 11) is -3.84. The van der Waals surface area contributed by atoms with E-state index in [0.717, 1.165) is 37.8 Å². The van der Waals surface area contributed by atoms with Gasteiger partial charge in [-0.25, -0.2) is 13.1 Å². The number of benzene rings is 2. The lowest BCUT2D eigenvalue weighted by atomic mass is 9.97. The zero-order valence-corrected chi connectivity index (χ0v) is 18.4. The van der Waals surface area contributed by atoms with Crippen LogP contribution in [0.2, 0.25) is 0 Å². The van der Waals surface area contributed by atoms with Gasteiger partial charge in [0.15, 0.2) is 0 Å². The Morgan fingerprint density at radius 3 is 2.56 bits per heavy atom. The summed E-state index contributed by atoms with van der Waals surface area (Å²) in [5.41, 5.74) is 0.891. The summed E-state index contributed by atoms with van der Waals surface area (Å²) >= 11 is 0. The van der Waals surface area contributed by atoms with E-state index in [1.807, 2.05) is 0 Å². The second-order valence-corrected chi connectivity index (χ2v) is 9.53. The Labute approximate surface area is 185 Å². The fourth-order valence-corrected chi connectivity index (χ4v) is 4.60. The van der Waals surface area contributed by atoms with Gasteiger partial charge in [-0.05, 0) is 74.9 Å². The number of aryl methyl sites for hydroxylation is 1. The average molecular weight is 467 g/mol. The van der Waals surface area contributed by atoms with Crippen LogP contribution in [0, 0.1) is 6.92 Å². The lowest BCUT2D eigenvalue weighted by molar-refractivity contribution is -0.137. The third kappa shape index (κ3) is 6.20. The van der Waals surface area contributed by atoms with Crippen LogP contribution in [0.4, 0.5) is 18.9 Å². The van der Waals surface area contributed by atoms with Crippen molar-refractivity contribution in [1.29, 1.82) is 0 Å². The van der Waals surface area contributed by atoms with Crippen molar-refractivity contribution in [2.45, 2.75) is 50.1 Å². The van der Waals surface area contributed by atoms with Crippen molar-refractivity contribution in [2.75, 3.05) is 11.9 Å². The number of allylic oxidation sites excluding steroid dienone is 1. The lowest BCUT2D eigenvalue weighted by Crippen LogP contribution is -2.26. The number of hydrogen-bond acceptors (Lipinski definition) is 3. The van der Waals surface area contributed by atoms with E-state index >= 15 is 0 Å². The molecule has 2 aromatic carbocycles. The first kappa shape index (κ1) is 24.0. The number of rotatable bonds is 7. The molecule has 3 rings (SSSR count). The van der Waals surface area contributed by atoms with Crippen molar-refractivity contribution >= 4 is 21.6 Å². The number of hydrogen-bond donors (Lipinski definition) is 2. The normalized spacial score (nSPS) is 14.7. The van der Waals surface area contributed by atoms with Crippen LogP contribution in [0.5, 0.6) is 0 Å². The highest BCUT2D eigenvalue weighted by atomic mass is 32.2. The standard InChI is InChI=1S/C23H25F3N2O3S/c1-16-10-11-20(32(30,31)27-13-12-17-6-3-2-4-7-17)15-21(16)22(29)28-19-9-5-8-18(14-19)23(24,25)26/h5-6,8-11,14-15,27H,2-4,7,12-13H2,1H3,(H,28,29). The highest BCUT2D eigenvalue weighted by molar-refractivity contribution is 7.89. The van der Waals surface area contributed by atoms with Gasteiger partial charge in [-0.3, -0.25) is 4.79 Å². The van der Waals surface area contributed by atoms with E-state index in [9.17, 15) is 26.4 Å². The fourth-order valence-electron chi connectivity index (χ4n) is 3.55. The maximum atomic E-state index is 12.9. The Bertz CT molecular complexity index is 1130. The van der Waals surface area contributed by atoms with Gasteiger partial charge in [0.2, 0.25) is 10.0 Å². The van der Waals surface area contributed by atoms with Crippen LogP contribution in [0.1, 0.15) is 53.6 Å². The Morgan fingerprint density at radius 2 is 1.88 bits per heavy atom. The number of alkyl halides is 3. The summed E-state index contributed by atoms with van der Waals surface area (Å²) in [4.78, 5) is 12.6. The van der Waals surface area contributed by atoms with Crippen molar-refractivity contribution in [1.82, 2.24) is 4.72 Å². The molecule has 2 N–H and O–H groups in total. The smallest absolute Gasteiger partial charge is 0.322 e. The molecule has 0 radical (unpaired) electrons. The van der Waals surface area contributed by atoms with Crippen molar-refractivity contribution in [3.05, 3.63) is 70.8 Å². The molecule has 172 valence electrons. The molecule has 5 nitrogen and oxygen atoms in total.